The van der Waals surface area contributed by atoms with Crippen LogP contribution < -0.4 is 4.72 Å². The molecule has 0 aliphatic rings. The lowest BCUT2D eigenvalue weighted by molar-refractivity contribution is -0.109. The van der Waals surface area contributed by atoms with Gasteiger partial charge in [-0.2, -0.15) is 0 Å². The van der Waals surface area contributed by atoms with Crippen molar-refractivity contribution in [3.8, 4) is 0 Å². The third kappa shape index (κ3) is 4.19. The molecule has 1 unspecified atom stereocenters. The minimum atomic E-state index is -3.76. The molecule has 2 aromatic rings. The number of aldehydes is 1. The van der Waals surface area contributed by atoms with Crippen molar-refractivity contribution in [3.63, 3.8) is 0 Å². The lowest BCUT2D eigenvalue weighted by Crippen LogP contribution is -2.36. The number of hydrogen-bond acceptors (Lipinski definition) is 6. The SMILES string of the molecule is CSC=NCCC(C=O)NS(=O)(=O)c1ccc2occc2c1. The summed E-state index contributed by atoms with van der Waals surface area (Å²) in [5.74, 6) is 0. The Bertz CT molecular complexity index is 768. The molecule has 0 spiro atoms. The highest BCUT2D eigenvalue weighted by Crippen LogP contribution is 2.20. The van der Waals surface area contributed by atoms with Crippen LogP contribution >= 0.6 is 11.8 Å². The van der Waals surface area contributed by atoms with Gasteiger partial charge in [-0.15, -0.1) is 11.8 Å². The molecule has 0 aliphatic carbocycles. The van der Waals surface area contributed by atoms with Gasteiger partial charge in [-0.1, -0.05) is 0 Å². The summed E-state index contributed by atoms with van der Waals surface area (Å²) < 4.78 is 32.2. The van der Waals surface area contributed by atoms with Crippen molar-refractivity contribution in [2.24, 2.45) is 4.99 Å². The maximum absolute atomic E-state index is 12.3. The smallest absolute Gasteiger partial charge is 0.241 e. The maximum atomic E-state index is 12.3. The van der Waals surface area contributed by atoms with E-state index in [1.807, 2.05) is 6.26 Å². The highest BCUT2D eigenvalue weighted by Gasteiger charge is 2.20. The van der Waals surface area contributed by atoms with Gasteiger partial charge in [-0.25, -0.2) is 13.1 Å². The Balaban J connectivity index is 2.11. The molecule has 0 fully saturated rings. The van der Waals surface area contributed by atoms with Crippen LogP contribution in [0.4, 0.5) is 0 Å². The average Bonchev–Trinajstić information content (AvgIpc) is 2.97. The standard InChI is InChI=1S/C14H16N2O4S2/c1-21-10-15-6-4-12(9-17)16-22(18,19)13-2-3-14-11(8-13)5-7-20-14/h2-3,5,7-10,12,16H,4,6H2,1H3. The molecule has 0 radical (unpaired) electrons. The third-order valence-corrected chi connectivity index (χ3v) is 4.80. The van der Waals surface area contributed by atoms with Crippen LogP contribution in [0.5, 0.6) is 0 Å². The van der Waals surface area contributed by atoms with Crippen LogP contribution in [-0.4, -0.2) is 39.1 Å². The molecule has 1 aromatic carbocycles. The second-order valence-corrected chi connectivity index (χ2v) is 6.92. The molecule has 0 saturated carbocycles. The first-order valence-corrected chi connectivity index (χ1v) is 9.30. The van der Waals surface area contributed by atoms with Gasteiger partial charge >= 0.3 is 0 Å². The molecule has 1 N–H and O–H groups in total. The van der Waals surface area contributed by atoms with Crippen LogP contribution in [0.2, 0.25) is 0 Å². The first-order chi connectivity index (χ1) is 10.6. The highest BCUT2D eigenvalue weighted by molar-refractivity contribution is 8.11. The summed E-state index contributed by atoms with van der Waals surface area (Å²) >= 11 is 1.45. The lowest BCUT2D eigenvalue weighted by atomic mass is 10.2. The maximum Gasteiger partial charge on any atom is 0.241 e. The number of furan rings is 1. The summed E-state index contributed by atoms with van der Waals surface area (Å²) in [5, 5.41) is 0.690. The van der Waals surface area contributed by atoms with E-state index in [1.165, 1.54) is 30.2 Å². The molecule has 2 rings (SSSR count). The van der Waals surface area contributed by atoms with Gasteiger partial charge in [0.15, 0.2) is 0 Å². The number of aliphatic imine (C=N–C) groups is 1. The monoisotopic (exact) mass is 340 g/mol. The van der Waals surface area contributed by atoms with Crippen molar-refractivity contribution in [1.82, 2.24) is 4.72 Å². The van der Waals surface area contributed by atoms with Crippen molar-refractivity contribution in [2.45, 2.75) is 17.4 Å². The van der Waals surface area contributed by atoms with Crippen molar-refractivity contribution in [3.05, 3.63) is 30.5 Å². The molecule has 8 heteroatoms. The molecule has 118 valence electrons. The molecular weight excluding hydrogens is 324 g/mol. The Morgan fingerprint density at radius 2 is 2.23 bits per heavy atom. The Morgan fingerprint density at radius 3 is 2.95 bits per heavy atom. The van der Waals surface area contributed by atoms with E-state index in [0.29, 0.717) is 30.2 Å². The zero-order valence-electron chi connectivity index (χ0n) is 11.9. The van der Waals surface area contributed by atoms with Gasteiger partial charge < -0.3 is 9.21 Å². The van der Waals surface area contributed by atoms with E-state index in [1.54, 1.807) is 17.7 Å². The summed E-state index contributed by atoms with van der Waals surface area (Å²) in [6, 6.07) is 5.42. The summed E-state index contributed by atoms with van der Waals surface area (Å²) in [5.41, 5.74) is 2.26. The Labute approximate surface area is 133 Å². The molecule has 1 atom stereocenters. The van der Waals surface area contributed by atoms with Crippen molar-refractivity contribution in [2.75, 3.05) is 12.8 Å². The number of nitrogens with zero attached hydrogens (tertiary/aromatic N) is 1. The molecule has 0 saturated heterocycles. The minimum Gasteiger partial charge on any atom is -0.464 e. The van der Waals surface area contributed by atoms with E-state index in [2.05, 4.69) is 9.71 Å². The summed E-state index contributed by atoms with van der Waals surface area (Å²) in [6.07, 6.45) is 4.26. The third-order valence-electron chi connectivity index (χ3n) is 2.95. The van der Waals surface area contributed by atoms with Crippen LogP contribution in [0.3, 0.4) is 0 Å². The number of sulfonamides is 1. The number of benzene rings is 1. The molecule has 6 nitrogen and oxygen atoms in total. The fraction of sp³-hybridized carbons (Fsp3) is 0.286. The van der Waals surface area contributed by atoms with Crippen molar-refractivity contribution in [1.29, 1.82) is 0 Å². The number of nitrogens with one attached hydrogen (secondary N) is 1. The fourth-order valence-corrected chi connectivity index (χ4v) is 3.37. The summed E-state index contributed by atoms with van der Waals surface area (Å²) in [6.45, 7) is 0.382. The van der Waals surface area contributed by atoms with Crippen LogP contribution in [0.25, 0.3) is 11.0 Å². The predicted octanol–water partition coefficient (Wildman–Crippen LogP) is 2.06. The number of fused-ring (bicyclic) bond motifs is 1. The van der Waals surface area contributed by atoms with Gasteiger partial charge in [0.25, 0.3) is 0 Å². The summed E-state index contributed by atoms with van der Waals surface area (Å²) in [4.78, 5) is 15.2. The average molecular weight is 340 g/mol. The summed E-state index contributed by atoms with van der Waals surface area (Å²) in [7, 11) is -3.76. The normalized spacial score (nSPS) is 13.7. The topological polar surface area (TPSA) is 88.7 Å². The van der Waals surface area contributed by atoms with Crippen LogP contribution in [-0.2, 0) is 14.8 Å². The Kier molecular flexibility index (Phi) is 5.76. The van der Waals surface area contributed by atoms with Gasteiger partial charge in [0, 0.05) is 11.9 Å². The molecule has 1 heterocycles. The number of carbonyl (C=O) groups is 1. The van der Waals surface area contributed by atoms with E-state index in [0.717, 1.165) is 0 Å². The van der Waals surface area contributed by atoms with Gasteiger partial charge in [0.2, 0.25) is 10.0 Å². The van der Waals surface area contributed by atoms with Gasteiger partial charge in [0.05, 0.1) is 22.7 Å². The predicted molar refractivity (Wildman–Crippen MR) is 87.9 cm³/mol. The van der Waals surface area contributed by atoms with Gasteiger partial charge in [0.1, 0.15) is 11.9 Å². The molecule has 22 heavy (non-hydrogen) atoms. The zero-order valence-corrected chi connectivity index (χ0v) is 13.6. The van der Waals surface area contributed by atoms with Crippen molar-refractivity contribution < 1.29 is 17.6 Å². The number of carbonyl (C=O) groups excluding carboxylic acids is 1. The lowest BCUT2D eigenvalue weighted by Gasteiger charge is -2.12. The van der Waals surface area contributed by atoms with Crippen LogP contribution in [0.15, 0.2) is 44.8 Å². The van der Waals surface area contributed by atoms with Gasteiger partial charge in [-0.3, -0.25) is 4.99 Å². The molecular formula is C14H16N2O4S2. The number of thioether (sulfide) groups is 1. The van der Waals surface area contributed by atoms with E-state index in [9.17, 15) is 13.2 Å². The van der Waals surface area contributed by atoms with Gasteiger partial charge in [-0.05, 0) is 36.9 Å². The van der Waals surface area contributed by atoms with Crippen LogP contribution in [0.1, 0.15) is 6.42 Å². The minimum absolute atomic E-state index is 0.0980. The molecule has 0 amide bonds. The molecule has 1 aromatic heterocycles. The van der Waals surface area contributed by atoms with E-state index < -0.39 is 16.1 Å². The van der Waals surface area contributed by atoms with Crippen molar-refractivity contribution >= 4 is 44.6 Å². The first-order valence-electron chi connectivity index (χ1n) is 6.53. The number of hydrogen-bond donors (Lipinski definition) is 1. The Morgan fingerprint density at radius 1 is 1.41 bits per heavy atom. The van der Waals surface area contributed by atoms with E-state index in [-0.39, 0.29) is 4.90 Å². The second kappa shape index (κ2) is 7.57. The van der Waals surface area contributed by atoms with E-state index in [4.69, 9.17) is 4.42 Å². The first kappa shape index (κ1) is 16.7. The highest BCUT2D eigenvalue weighted by atomic mass is 32.2. The molecule has 0 aliphatic heterocycles. The number of rotatable bonds is 8. The zero-order chi connectivity index (χ0) is 16.0. The Hall–Kier alpha value is -1.64. The largest absolute Gasteiger partial charge is 0.464 e. The fourth-order valence-electron chi connectivity index (χ4n) is 1.87. The second-order valence-electron chi connectivity index (χ2n) is 4.52. The van der Waals surface area contributed by atoms with E-state index >= 15 is 0 Å². The quantitative estimate of drug-likeness (QED) is 0.451. The molecule has 0 bridgehead atoms. The van der Waals surface area contributed by atoms with Crippen LogP contribution in [0, 0.1) is 0 Å².